The van der Waals surface area contributed by atoms with Crippen LogP contribution in [0.4, 0.5) is 0 Å². The predicted octanol–water partition coefficient (Wildman–Crippen LogP) is 2.33. The van der Waals surface area contributed by atoms with Gasteiger partial charge in [0.1, 0.15) is 0 Å². The molecule has 0 aliphatic carbocycles. The summed E-state index contributed by atoms with van der Waals surface area (Å²) in [5.41, 5.74) is 0. The minimum atomic E-state index is -3.52. The van der Waals surface area contributed by atoms with Crippen molar-refractivity contribution < 1.29 is 8.42 Å². The van der Waals surface area contributed by atoms with Crippen LogP contribution in [0.2, 0.25) is 0 Å². The van der Waals surface area contributed by atoms with Crippen LogP contribution in [-0.4, -0.2) is 38.5 Å². The van der Waals surface area contributed by atoms with E-state index in [0.717, 1.165) is 10.8 Å². The van der Waals surface area contributed by atoms with Gasteiger partial charge in [0.2, 0.25) is 0 Å². The van der Waals surface area contributed by atoms with E-state index >= 15 is 0 Å². The molecule has 2 aromatic carbocycles. The maximum atomic E-state index is 12.7. The molecule has 0 atom stereocenters. The summed E-state index contributed by atoms with van der Waals surface area (Å²) in [5, 5.41) is 3.28. The van der Waals surface area contributed by atoms with Crippen LogP contribution in [-0.2, 0) is 10.0 Å². The van der Waals surface area contributed by atoms with Crippen LogP contribution >= 0.6 is 0 Å². The molecule has 2 rings (SSSR count). The first-order valence-electron chi connectivity index (χ1n) is 6.16. The van der Waals surface area contributed by atoms with Crippen molar-refractivity contribution in [3.63, 3.8) is 0 Å². The second-order valence-corrected chi connectivity index (χ2v) is 6.28. The van der Waals surface area contributed by atoms with Gasteiger partial charge in [0.25, 0.3) is 10.0 Å². The van der Waals surface area contributed by atoms with Gasteiger partial charge in [-0.25, -0.2) is 13.4 Å². The number of hydrogen-bond donors (Lipinski definition) is 0. The van der Waals surface area contributed by atoms with Crippen LogP contribution in [0.25, 0.3) is 10.8 Å². The van der Waals surface area contributed by atoms with E-state index in [1.54, 1.807) is 31.2 Å². The van der Waals surface area contributed by atoms with Crippen LogP contribution in [0.3, 0.4) is 0 Å². The summed E-state index contributed by atoms with van der Waals surface area (Å²) in [5.74, 6) is 0. The van der Waals surface area contributed by atoms with E-state index in [-0.39, 0.29) is 0 Å². The normalized spacial score (nSPS) is 12.5. The zero-order chi connectivity index (χ0) is 14.0. The van der Waals surface area contributed by atoms with Gasteiger partial charge in [-0.1, -0.05) is 36.4 Å². The SMILES string of the molecule is CCN(N(C)C)S(=O)(=O)c1cccc2ccccc12. The predicted molar refractivity (Wildman–Crippen MR) is 77.2 cm³/mol. The molecule has 0 aromatic heterocycles. The van der Waals surface area contributed by atoms with Crippen molar-refractivity contribution in [1.82, 2.24) is 9.42 Å². The number of sulfonamides is 1. The molecule has 19 heavy (non-hydrogen) atoms. The molecule has 2 aromatic rings. The van der Waals surface area contributed by atoms with Crippen molar-refractivity contribution in [3.8, 4) is 0 Å². The van der Waals surface area contributed by atoms with E-state index in [1.807, 2.05) is 37.3 Å². The summed E-state index contributed by atoms with van der Waals surface area (Å²) in [6, 6.07) is 12.9. The Morgan fingerprint density at radius 2 is 1.63 bits per heavy atom. The van der Waals surface area contributed by atoms with E-state index < -0.39 is 10.0 Å². The molecule has 4 nitrogen and oxygen atoms in total. The Bertz CT molecular complexity index is 675. The second-order valence-electron chi connectivity index (χ2n) is 4.47. The average Bonchev–Trinajstić information content (AvgIpc) is 2.38. The maximum Gasteiger partial charge on any atom is 0.256 e. The maximum absolute atomic E-state index is 12.7. The van der Waals surface area contributed by atoms with Gasteiger partial charge < -0.3 is 0 Å². The molecule has 0 fully saturated rings. The fraction of sp³-hybridized carbons (Fsp3) is 0.286. The van der Waals surface area contributed by atoms with Gasteiger partial charge in [-0.2, -0.15) is 0 Å². The molecule has 0 bridgehead atoms. The second kappa shape index (κ2) is 5.28. The highest BCUT2D eigenvalue weighted by molar-refractivity contribution is 7.89. The monoisotopic (exact) mass is 278 g/mol. The summed E-state index contributed by atoms with van der Waals surface area (Å²) >= 11 is 0. The Morgan fingerprint density at radius 3 is 2.26 bits per heavy atom. The summed E-state index contributed by atoms with van der Waals surface area (Å²) in [4.78, 5) is 0.348. The van der Waals surface area contributed by atoms with Crippen LogP contribution < -0.4 is 0 Å². The van der Waals surface area contributed by atoms with Crippen molar-refractivity contribution in [2.45, 2.75) is 11.8 Å². The third kappa shape index (κ3) is 2.49. The van der Waals surface area contributed by atoms with Gasteiger partial charge in [0.05, 0.1) is 4.90 Å². The summed E-state index contributed by atoms with van der Waals surface area (Å²) in [7, 11) is -0.0610. The number of rotatable bonds is 4. The van der Waals surface area contributed by atoms with Crippen molar-refractivity contribution in [2.24, 2.45) is 0 Å². The van der Waals surface area contributed by atoms with E-state index in [2.05, 4.69) is 0 Å². The van der Waals surface area contributed by atoms with Crippen molar-refractivity contribution in [3.05, 3.63) is 42.5 Å². The highest BCUT2D eigenvalue weighted by Crippen LogP contribution is 2.25. The lowest BCUT2D eigenvalue weighted by molar-refractivity contribution is 0.134. The molecule has 102 valence electrons. The number of benzene rings is 2. The van der Waals surface area contributed by atoms with Gasteiger partial charge in [-0.05, 0) is 18.4 Å². The average molecular weight is 278 g/mol. The molecular formula is C14H18N2O2S. The van der Waals surface area contributed by atoms with Crippen LogP contribution in [0.15, 0.2) is 47.4 Å². The first kappa shape index (κ1) is 14.0. The quantitative estimate of drug-likeness (QED) is 0.806. The van der Waals surface area contributed by atoms with E-state index in [9.17, 15) is 8.42 Å². The minimum absolute atomic E-state index is 0.348. The topological polar surface area (TPSA) is 40.6 Å². The highest BCUT2D eigenvalue weighted by Gasteiger charge is 2.26. The zero-order valence-electron chi connectivity index (χ0n) is 11.4. The van der Waals surface area contributed by atoms with E-state index in [0.29, 0.717) is 11.4 Å². The molecule has 0 N–H and O–H groups in total. The van der Waals surface area contributed by atoms with Gasteiger partial charge in [-0.3, -0.25) is 0 Å². The Balaban J connectivity index is 2.67. The molecule has 0 aliphatic rings. The third-order valence-corrected chi connectivity index (χ3v) is 5.07. The fourth-order valence-corrected chi connectivity index (χ4v) is 3.91. The van der Waals surface area contributed by atoms with Gasteiger partial charge >= 0.3 is 0 Å². The molecule has 0 amide bonds. The van der Waals surface area contributed by atoms with Gasteiger partial charge in [0.15, 0.2) is 0 Å². The lowest BCUT2D eigenvalue weighted by Gasteiger charge is -2.27. The molecule has 0 heterocycles. The standard InChI is InChI=1S/C14H18N2O2S/c1-4-16(15(2)3)19(17,18)14-11-7-9-12-8-5-6-10-13(12)14/h5-11H,4H2,1-3H3. The molecular weight excluding hydrogens is 260 g/mol. The van der Waals surface area contributed by atoms with E-state index in [4.69, 9.17) is 0 Å². The number of hydrazine groups is 1. The van der Waals surface area contributed by atoms with Crippen molar-refractivity contribution in [2.75, 3.05) is 20.6 Å². The first-order chi connectivity index (χ1) is 8.98. The Kier molecular flexibility index (Phi) is 3.89. The van der Waals surface area contributed by atoms with Crippen molar-refractivity contribution >= 4 is 20.8 Å². The smallest absolute Gasteiger partial charge is 0.234 e. The highest BCUT2D eigenvalue weighted by atomic mass is 32.2. The Labute approximate surface area is 114 Å². The largest absolute Gasteiger partial charge is 0.256 e. The van der Waals surface area contributed by atoms with Gasteiger partial charge in [0, 0.05) is 26.0 Å². The van der Waals surface area contributed by atoms with Crippen LogP contribution in [0.1, 0.15) is 6.92 Å². The van der Waals surface area contributed by atoms with Crippen molar-refractivity contribution in [1.29, 1.82) is 0 Å². The zero-order valence-corrected chi connectivity index (χ0v) is 12.2. The van der Waals surface area contributed by atoms with Crippen LogP contribution in [0, 0.1) is 0 Å². The third-order valence-electron chi connectivity index (χ3n) is 3.02. The first-order valence-corrected chi connectivity index (χ1v) is 7.60. The lowest BCUT2D eigenvalue weighted by Crippen LogP contribution is -2.41. The molecule has 0 radical (unpaired) electrons. The summed E-state index contributed by atoms with van der Waals surface area (Å²) in [6.07, 6.45) is 0. The molecule has 0 saturated heterocycles. The fourth-order valence-electron chi connectivity index (χ4n) is 2.20. The number of nitrogens with zero attached hydrogens (tertiary/aromatic N) is 2. The lowest BCUT2D eigenvalue weighted by atomic mass is 10.1. The Hall–Kier alpha value is -1.43. The molecule has 5 heteroatoms. The number of hydrogen-bond acceptors (Lipinski definition) is 3. The molecule has 0 aliphatic heterocycles. The summed E-state index contributed by atoms with van der Waals surface area (Å²) < 4.78 is 26.8. The Morgan fingerprint density at radius 1 is 1.00 bits per heavy atom. The van der Waals surface area contributed by atoms with E-state index in [1.165, 1.54) is 4.41 Å². The van der Waals surface area contributed by atoms with Crippen LogP contribution in [0.5, 0.6) is 0 Å². The summed E-state index contributed by atoms with van der Waals surface area (Å²) in [6.45, 7) is 2.22. The number of fused-ring (bicyclic) bond motifs is 1. The van der Waals surface area contributed by atoms with Gasteiger partial charge in [-0.15, -0.1) is 4.41 Å². The minimum Gasteiger partial charge on any atom is -0.234 e. The molecule has 0 spiro atoms. The molecule has 0 saturated carbocycles. The molecule has 0 unspecified atom stereocenters.